The quantitative estimate of drug-likeness (QED) is 0.900. The van der Waals surface area contributed by atoms with E-state index < -0.39 is 17.9 Å². The highest BCUT2D eigenvalue weighted by Crippen LogP contribution is 2.41. The number of carboxylic acid groups (broad SMARTS) is 1. The number of hydrogen-bond donors (Lipinski definition) is 1. The third kappa shape index (κ3) is 3.31. The Morgan fingerprint density at radius 3 is 2.81 bits per heavy atom. The minimum atomic E-state index is -1.02. The number of ether oxygens (including phenoxy) is 1. The van der Waals surface area contributed by atoms with Gasteiger partial charge in [-0.1, -0.05) is 23.2 Å². The maximum atomic E-state index is 12.1. The molecule has 1 fully saturated rings. The van der Waals surface area contributed by atoms with Gasteiger partial charge in [0.25, 0.3) is 0 Å². The first kappa shape index (κ1) is 16.1. The van der Waals surface area contributed by atoms with Crippen molar-refractivity contribution in [3.63, 3.8) is 0 Å². The fourth-order valence-electron chi connectivity index (χ4n) is 2.59. The number of methoxy groups -OCH3 is 1. The van der Waals surface area contributed by atoms with E-state index in [4.69, 9.17) is 27.9 Å². The fraction of sp³-hybridized carbons (Fsp3) is 0.429. The van der Waals surface area contributed by atoms with Crippen molar-refractivity contribution in [2.24, 2.45) is 5.92 Å². The van der Waals surface area contributed by atoms with Crippen molar-refractivity contribution in [3.05, 3.63) is 33.8 Å². The Morgan fingerprint density at radius 1 is 1.48 bits per heavy atom. The summed E-state index contributed by atoms with van der Waals surface area (Å²) in [6, 6.07) is 4.22. The van der Waals surface area contributed by atoms with Gasteiger partial charge in [0, 0.05) is 30.1 Å². The normalized spacial score (nSPS) is 21.9. The molecule has 1 aliphatic rings. The SMILES string of the molecule is COCCN1C(=O)CC(C(=O)O)C1c1cc(Cl)ccc1Cl. The molecule has 5 nitrogen and oxygen atoms in total. The first-order valence-electron chi connectivity index (χ1n) is 6.42. The highest BCUT2D eigenvalue weighted by molar-refractivity contribution is 6.33. The van der Waals surface area contributed by atoms with Crippen molar-refractivity contribution < 1.29 is 19.4 Å². The van der Waals surface area contributed by atoms with E-state index in [1.54, 1.807) is 18.2 Å². The van der Waals surface area contributed by atoms with Crippen LogP contribution in [0.15, 0.2) is 18.2 Å². The molecular formula is C14H15Cl2NO4. The van der Waals surface area contributed by atoms with E-state index in [0.717, 1.165) is 0 Å². The summed E-state index contributed by atoms with van der Waals surface area (Å²) < 4.78 is 4.99. The lowest BCUT2D eigenvalue weighted by Crippen LogP contribution is -2.33. The van der Waals surface area contributed by atoms with Crippen molar-refractivity contribution in [1.82, 2.24) is 4.90 Å². The van der Waals surface area contributed by atoms with Gasteiger partial charge in [-0.15, -0.1) is 0 Å². The molecule has 0 radical (unpaired) electrons. The molecule has 2 atom stereocenters. The Hall–Kier alpha value is -1.30. The van der Waals surface area contributed by atoms with Gasteiger partial charge in [-0.25, -0.2) is 0 Å². The van der Waals surface area contributed by atoms with E-state index >= 15 is 0 Å². The van der Waals surface area contributed by atoms with Crippen LogP contribution < -0.4 is 0 Å². The third-order valence-corrected chi connectivity index (χ3v) is 4.14. The summed E-state index contributed by atoms with van der Waals surface area (Å²) >= 11 is 12.1. The average molecular weight is 332 g/mol. The zero-order chi connectivity index (χ0) is 15.6. The molecule has 1 amide bonds. The zero-order valence-corrected chi connectivity index (χ0v) is 12.9. The molecule has 114 valence electrons. The molecule has 1 aromatic carbocycles. The number of amides is 1. The van der Waals surface area contributed by atoms with Gasteiger partial charge in [-0.3, -0.25) is 9.59 Å². The molecular weight excluding hydrogens is 317 g/mol. The van der Waals surface area contributed by atoms with E-state index in [2.05, 4.69) is 0 Å². The second-order valence-corrected chi connectivity index (χ2v) is 5.68. The third-order valence-electron chi connectivity index (χ3n) is 3.56. The molecule has 1 saturated heterocycles. The number of benzene rings is 1. The number of halogens is 2. The highest BCUT2D eigenvalue weighted by atomic mass is 35.5. The molecule has 0 spiro atoms. The lowest BCUT2D eigenvalue weighted by atomic mass is 9.93. The molecule has 0 aromatic heterocycles. The summed E-state index contributed by atoms with van der Waals surface area (Å²) in [5, 5.41) is 10.2. The second kappa shape index (κ2) is 6.64. The van der Waals surface area contributed by atoms with Gasteiger partial charge < -0.3 is 14.7 Å². The van der Waals surface area contributed by atoms with E-state index in [9.17, 15) is 14.7 Å². The minimum absolute atomic E-state index is 0.0491. The maximum Gasteiger partial charge on any atom is 0.309 e. The van der Waals surface area contributed by atoms with Crippen LogP contribution in [0.1, 0.15) is 18.0 Å². The molecule has 2 unspecified atom stereocenters. The minimum Gasteiger partial charge on any atom is -0.481 e. The number of carbonyl (C=O) groups is 2. The average Bonchev–Trinajstić information content (AvgIpc) is 2.76. The number of likely N-dealkylation sites (tertiary alicyclic amines) is 1. The predicted molar refractivity (Wildman–Crippen MR) is 78.5 cm³/mol. The number of aliphatic carboxylic acids is 1. The first-order valence-corrected chi connectivity index (χ1v) is 7.17. The van der Waals surface area contributed by atoms with Gasteiger partial charge in [0.1, 0.15) is 0 Å². The van der Waals surface area contributed by atoms with Crippen LogP contribution >= 0.6 is 23.2 Å². The van der Waals surface area contributed by atoms with E-state index in [1.165, 1.54) is 12.0 Å². The molecule has 2 rings (SSSR count). The standard InChI is InChI=1S/C14H15Cl2NO4/c1-21-5-4-17-12(18)7-10(14(19)20)13(17)9-6-8(15)2-3-11(9)16/h2-3,6,10,13H,4-5,7H2,1H3,(H,19,20). The number of rotatable bonds is 5. The molecule has 0 aliphatic carbocycles. The van der Waals surface area contributed by atoms with E-state index in [0.29, 0.717) is 28.8 Å². The Kier molecular flexibility index (Phi) is 5.08. The van der Waals surface area contributed by atoms with Crippen LogP contribution in [-0.4, -0.2) is 42.1 Å². The Labute approximate surface area is 132 Å². The van der Waals surface area contributed by atoms with Crippen LogP contribution in [0.2, 0.25) is 10.0 Å². The van der Waals surface area contributed by atoms with Crippen LogP contribution in [0.3, 0.4) is 0 Å². The van der Waals surface area contributed by atoms with Crippen LogP contribution in [-0.2, 0) is 14.3 Å². The van der Waals surface area contributed by atoms with E-state index in [-0.39, 0.29) is 12.3 Å². The van der Waals surface area contributed by atoms with Crippen LogP contribution in [0.4, 0.5) is 0 Å². The van der Waals surface area contributed by atoms with Crippen molar-refractivity contribution in [1.29, 1.82) is 0 Å². The zero-order valence-electron chi connectivity index (χ0n) is 11.4. The summed E-state index contributed by atoms with van der Waals surface area (Å²) in [4.78, 5) is 25.1. The lowest BCUT2D eigenvalue weighted by molar-refractivity contribution is -0.142. The van der Waals surface area contributed by atoms with Crippen LogP contribution in [0, 0.1) is 5.92 Å². The highest BCUT2D eigenvalue weighted by Gasteiger charge is 2.45. The van der Waals surface area contributed by atoms with Gasteiger partial charge in [0.05, 0.1) is 18.6 Å². The number of nitrogens with zero attached hydrogens (tertiary/aromatic N) is 1. The first-order chi connectivity index (χ1) is 9.95. The predicted octanol–water partition coefficient (Wildman–Crippen LogP) is 2.61. The molecule has 1 N–H and O–H groups in total. The number of carboxylic acids is 1. The molecule has 1 heterocycles. The smallest absolute Gasteiger partial charge is 0.309 e. The molecule has 1 aromatic rings. The summed E-state index contributed by atoms with van der Waals surface area (Å²) in [7, 11) is 1.52. The number of hydrogen-bond acceptors (Lipinski definition) is 3. The molecule has 0 saturated carbocycles. The summed E-state index contributed by atoms with van der Waals surface area (Å²) in [6.07, 6.45) is -0.0491. The van der Waals surface area contributed by atoms with Gasteiger partial charge in [0.2, 0.25) is 5.91 Å². The Balaban J connectivity index is 2.43. The monoisotopic (exact) mass is 331 g/mol. The summed E-state index contributed by atoms with van der Waals surface area (Å²) in [5.41, 5.74) is 0.554. The van der Waals surface area contributed by atoms with Crippen molar-refractivity contribution >= 4 is 35.1 Å². The van der Waals surface area contributed by atoms with Crippen LogP contribution in [0.25, 0.3) is 0 Å². The van der Waals surface area contributed by atoms with Gasteiger partial charge in [-0.2, -0.15) is 0 Å². The molecule has 21 heavy (non-hydrogen) atoms. The van der Waals surface area contributed by atoms with Gasteiger partial charge >= 0.3 is 5.97 Å². The van der Waals surface area contributed by atoms with Crippen LogP contribution in [0.5, 0.6) is 0 Å². The fourth-order valence-corrected chi connectivity index (χ4v) is 3.00. The largest absolute Gasteiger partial charge is 0.481 e. The van der Waals surface area contributed by atoms with Gasteiger partial charge in [0.15, 0.2) is 0 Å². The van der Waals surface area contributed by atoms with Crippen molar-refractivity contribution in [2.75, 3.05) is 20.3 Å². The maximum absolute atomic E-state index is 12.1. The Morgan fingerprint density at radius 2 is 2.19 bits per heavy atom. The Bertz CT molecular complexity index is 564. The lowest BCUT2D eigenvalue weighted by Gasteiger charge is -2.28. The second-order valence-electron chi connectivity index (χ2n) is 4.84. The summed E-state index contributed by atoms with van der Waals surface area (Å²) in [5.74, 6) is -2.09. The molecule has 1 aliphatic heterocycles. The van der Waals surface area contributed by atoms with Gasteiger partial charge in [-0.05, 0) is 23.8 Å². The molecule has 7 heteroatoms. The molecule has 0 bridgehead atoms. The van der Waals surface area contributed by atoms with Crippen molar-refractivity contribution in [3.8, 4) is 0 Å². The van der Waals surface area contributed by atoms with Crippen molar-refractivity contribution in [2.45, 2.75) is 12.5 Å². The van der Waals surface area contributed by atoms with E-state index in [1.807, 2.05) is 0 Å². The topological polar surface area (TPSA) is 66.8 Å². The summed E-state index contributed by atoms with van der Waals surface area (Å²) in [6.45, 7) is 0.638. The number of carbonyl (C=O) groups excluding carboxylic acids is 1.